The van der Waals surface area contributed by atoms with E-state index < -0.39 is 10.0 Å². The van der Waals surface area contributed by atoms with Crippen molar-refractivity contribution in [3.8, 4) is 11.5 Å². The topological polar surface area (TPSA) is 76.3 Å². The Kier molecular flexibility index (Phi) is 3.92. The van der Waals surface area contributed by atoms with Crippen LogP contribution in [-0.4, -0.2) is 35.0 Å². The lowest BCUT2D eigenvalue weighted by Crippen LogP contribution is -2.42. The molecule has 1 saturated carbocycles. The Bertz CT molecular complexity index is 819. The molecule has 1 saturated heterocycles. The summed E-state index contributed by atoms with van der Waals surface area (Å²) in [7, 11) is -3.53. The zero-order valence-corrected chi connectivity index (χ0v) is 14.4. The molecule has 0 bridgehead atoms. The first-order valence-electron chi connectivity index (χ1n) is 8.47. The van der Waals surface area contributed by atoms with E-state index in [-0.39, 0.29) is 12.1 Å². The van der Waals surface area contributed by atoms with Gasteiger partial charge in [0.2, 0.25) is 22.3 Å². The number of fused-ring (bicyclic) bond motifs is 1. The van der Waals surface area contributed by atoms with Crippen molar-refractivity contribution in [2.45, 2.75) is 56.0 Å². The second kappa shape index (κ2) is 5.97. The molecule has 2 heterocycles. The number of rotatable bonds is 3. The van der Waals surface area contributed by atoms with Gasteiger partial charge in [-0.2, -0.15) is 4.31 Å². The van der Waals surface area contributed by atoms with Crippen LogP contribution in [0.15, 0.2) is 40.0 Å². The number of aromatic nitrogens is 2. The monoisotopic (exact) mass is 347 g/mol. The molecule has 1 aromatic heterocycles. The number of benzene rings is 1. The van der Waals surface area contributed by atoms with Crippen LogP contribution in [0.1, 0.15) is 39.0 Å². The van der Waals surface area contributed by atoms with E-state index in [1.54, 1.807) is 28.6 Å². The lowest BCUT2D eigenvalue weighted by Gasteiger charge is -2.32. The predicted octanol–water partition coefficient (Wildman–Crippen LogP) is 3.08. The first-order chi connectivity index (χ1) is 11.6. The van der Waals surface area contributed by atoms with Crippen molar-refractivity contribution in [1.29, 1.82) is 0 Å². The molecule has 1 aliphatic heterocycles. The molecule has 6 nitrogen and oxygen atoms in total. The van der Waals surface area contributed by atoms with Gasteiger partial charge < -0.3 is 4.42 Å². The van der Waals surface area contributed by atoms with Gasteiger partial charge in [-0.25, -0.2) is 8.42 Å². The maximum absolute atomic E-state index is 13.3. The van der Waals surface area contributed by atoms with Crippen LogP contribution in [0.5, 0.6) is 0 Å². The van der Waals surface area contributed by atoms with Crippen molar-refractivity contribution in [2.75, 3.05) is 0 Å². The molecular formula is C17H21N3O3S. The lowest BCUT2D eigenvalue weighted by molar-refractivity contribution is 0.248. The first kappa shape index (κ1) is 15.8. The molecule has 1 aromatic carbocycles. The van der Waals surface area contributed by atoms with Gasteiger partial charge in [0.25, 0.3) is 0 Å². The minimum Gasteiger partial charge on any atom is -0.423 e. The van der Waals surface area contributed by atoms with Crippen molar-refractivity contribution >= 4 is 10.0 Å². The molecule has 128 valence electrons. The van der Waals surface area contributed by atoms with Gasteiger partial charge in [-0.1, -0.05) is 18.9 Å². The minimum atomic E-state index is -3.53. The third-order valence-electron chi connectivity index (χ3n) is 5.29. The fourth-order valence-corrected chi connectivity index (χ4v) is 6.26. The van der Waals surface area contributed by atoms with Gasteiger partial charge in [0, 0.05) is 17.6 Å². The third-order valence-corrected chi connectivity index (χ3v) is 7.33. The third kappa shape index (κ3) is 2.56. The molecular weight excluding hydrogens is 326 g/mol. The summed E-state index contributed by atoms with van der Waals surface area (Å²) in [5.41, 5.74) is 0.626. The molecule has 2 fully saturated rings. The van der Waals surface area contributed by atoms with Crippen LogP contribution in [0.25, 0.3) is 11.5 Å². The maximum atomic E-state index is 13.3. The highest BCUT2D eigenvalue weighted by atomic mass is 32.2. The average Bonchev–Trinajstić information content (AvgIpc) is 3.21. The molecule has 3 atom stereocenters. The van der Waals surface area contributed by atoms with E-state index in [1.165, 1.54) is 12.8 Å². The standard InChI is InChI=1S/C17H21N3O3S/c1-12-9-13-5-2-3-8-16(13)20(12)24(21,22)15-7-4-6-14(10-15)17-19-18-11-23-17/h4,6-7,10-13,16H,2-3,5,8-9H2,1H3/t12-,13+,16-/m1/s1. The molecule has 2 aliphatic rings. The van der Waals surface area contributed by atoms with E-state index in [0.29, 0.717) is 22.3 Å². The van der Waals surface area contributed by atoms with Crippen LogP contribution in [0, 0.1) is 5.92 Å². The molecule has 0 radical (unpaired) electrons. The molecule has 2 aromatic rings. The van der Waals surface area contributed by atoms with E-state index in [2.05, 4.69) is 10.2 Å². The number of hydrogen-bond donors (Lipinski definition) is 0. The minimum absolute atomic E-state index is 0.0511. The summed E-state index contributed by atoms with van der Waals surface area (Å²) in [4.78, 5) is 0.302. The average molecular weight is 347 g/mol. The van der Waals surface area contributed by atoms with Crippen LogP contribution in [0.4, 0.5) is 0 Å². The SMILES string of the molecule is C[C@@H]1C[C@@H]2CCCC[C@H]2N1S(=O)(=O)c1cccc(-c2nnco2)c1. The Hall–Kier alpha value is -1.73. The van der Waals surface area contributed by atoms with E-state index in [0.717, 1.165) is 25.7 Å². The van der Waals surface area contributed by atoms with Crippen LogP contribution >= 0.6 is 0 Å². The van der Waals surface area contributed by atoms with Gasteiger partial charge >= 0.3 is 0 Å². The molecule has 0 spiro atoms. The van der Waals surface area contributed by atoms with Crippen molar-refractivity contribution in [2.24, 2.45) is 5.92 Å². The molecule has 24 heavy (non-hydrogen) atoms. The Morgan fingerprint density at radius 3 is 2.88 bits per heavy atom. The second-order valence-electron chi connectivity index (χ2n) is 6.80. The summed E-state index contributed by atoms with van der Waals surface area (Å²) in [5, 5.41) is 7.52. The Morgan fingerprint density at radius 2 is 2.08 bits per heavy atom. The molecule has 0 N–H and O–H groups in total. The van der Waals surface area contributed by atoms with Gasteiger partial charge in [0.15, 0.2) is 0 Å². The van der Waals surface area contributed by atoms with Crippen LogP contribution < -0.4 is 0 Å². The van der Waals surface area contributed by atoms with Gasteiger partial charge in [-0.15, -0.1) is 10.2 Å². The second-order valence-corrected chi connectivity index (χ2v) is 8.65. The zero-order chi connectivity index (χ0) is 16.7. The largest absolute Gasteiger partial charge is 0.423 e. The summed E-state index contributed by atoms with van der Waals surface area (Å²) >= 11 is 0. The molecule has 4 rings (SSSR count). The van der Waals surface area contributed by atoms with Gasteiger partial charge in [-0.3, -0.25) is 0 Å². The molecule has 0 unspecified atom stereocenters. The number of sulfonamides is 1. The highest BCUT2D eigenvalue weighted by molar-refractivity contribution is 7.89. The van der Waals surface area contributed by atoms with E-state index >= 15 is 0 Å². The molecule has 0 amide bonds. The Balaban J connectivity index is 1.71. The Labute approximate surface area is 141 Å². The fourth-order valence-electron chi connectivity index (χ4n) is 4.29. The van der Waals surface area contributed by atoms with Crippen LogP contribution in [-0.2, 0) is 10.0 Å². The van der Waals surface area contributed by atoms with Gasteiger partial charge in [-0.05, 0) is 50.3 Å². The van der Waals surface area contributed by atoms with Crippen molar-refractivity contribution in [3.05, 3.63) is 30.7 Å². The molecule has 7 heteroatoms. The van der Waals surface area contributed by atoms with Gasteiger partial charge in [0.05, 0.1) is 4.90 Å². The van der Waals surface area contributed by atoms with Gasteiger partial charge in [0.1, 0.15) is 0 Å². The summed E-state index contributed by atoms with van der Waals surface area (Å²) in [6.45, 7) is 2.03. The Morgan fingerprint density at radius 1 is 1.25 bits per heavy atom. The summed E-state index contributed by atoms with van der Waals surface area (Å²) in [6, 6.07) is 6.99. The fraction of sp³-hybridized carbons (Fsp3) is 0.529. The highest BCUT2D eigenvalue weighted by Gasteiger charge is 2.46. The zero-order valence-electron chi connectivity index (χ0n) is 13.6. The molecule has 1 aliphatic carbocycles. The van der Waals surface area contributed by atoms with E-state index in [4.69, 9.17) is 4.42 Å². The van der Waals surface area contributed by atoms with Crippen LogP contribution in [0.2, 0.25) is 0 Å². The number of nitrogens with zero attached hydrogens (tertiary/aromatic N) is 3. The van der Waals surface area contributed by atoms with E-state index in [9.17, 15) is 8.42 Å². The highest BCUT2D eigenvalue weighted by Crippen LogP contribution is 2.42. The number of hydrogen-bond acceptors (Lipinski definition) is 5. The van der Waals surface area contributed by atoms with Crippen LogP contribution in [0.3, 0.4) is 0 Å². The van der Waals surface area contributed by atoms with Crippen molar-refractivity contribution in [1.82, 2.24) is 14.5 Å². The normalized spacial score (nSPS) is 28.0. The summed E-state index contributed by atoms with van der Waals surface area (Å²) in [6.07, 6.45) is 6.65. The first-order valence-corrected chi connectivity index (χ1v) is 9.91. The smallest absolute Gasteiger partial charge is 0.247 e. The maximum Gasteiger partial charge on any atom is 0.247 e. The van der Waals surface area contributed by atoms with Crippen molar-refractivity contribution < 1.29 is 12.8 Å². The summed E-state index contributed by atoms with van der Waals surface area (Å²) < 4.78 is 33.5. The predicted molar refractivity (Wildman–Crippen MR) is 88.6 cm³/mol. The quantitative estimate of drug-likeness (QED) is 0.853. The van der Waals surface area contributed by atoms with Crippen molar-refractivity contribution in [3.63, 3.8) is 0 Å². The summed E-state index contributed by atoms with van der Waals surface area (Å²) in [5.74, 6) is 0.833. The van der Waals surface area contributed by atoms with E-state index in [1.807, 2.05) is 6.92 Å². The lowest BCUT2D eigenvalue weighted by atomic mass is 9.85.